The highest BCUT2D eigenvalue weighted by molar-refractivity contribution is 7.99. The molecule has 1 atom stereocenters. The molecule has 2 heterocycles. The number of rotatable bonds is 9. The van der Waals surface area contributed by atoms with Crippen LogP contribution in [0.5, 0.6) is 11.5 Å². The van der Waals surface area contributed by atoms with Crippen LogP contribution in [-0.4, -0.2) is 38.7 Å². The molecule has 0 bridgehead atoms. The molecule has 1 N–H and O–H groups in total. The van der Waals surface area contributed by atoms with Gasteiger partial charge in [-0.15, -0.1) is 10.2 Å². The largest absolute Gasteiger partial charge is 0.497 e. The van der Waals surface area contributed by atoms with E-state index in [1.807, 2.05) is 66.1 Å². The van der Waals surface area contributed by atoms with Crippen molar-refractivity contribution in [1.82, 2.24) is 19.9 Å². The van der Waals surface area contributed by atoms with Crippen LogP contribution in [0.1, 0.15) is 24.6 Å². The summed E-state index contributed by atoms with van der Waals surface area (Å²) in [4.78, 5) is 12.4. The molecule has 10 heteroatoms. The van der Waals surface area contributed by atoms with Gasteiger partial charge >= 0.3 is 0 Å². The lowest BCUT2D eigenvalue weighted by Gasteiger charge is -2.17. The number of aromatic nitrogens is 4. The minimum absolute atomic E-state index is 0.130. The summed E-state index contributed by atoms with van der Waals surface area (Å²) in [6.07, 6.45) is -0.396. The molecule has 170 valence electrons. The van der Waals surface area contributed by atoms with Crippen molar-refractivity contribution < 1.29 is 18.8 Å². The molecule has 2 aromatic carbocycles. The molecule has 0 aliphatic rings. The number of para-hydroxylation sites is 1. The third-order valence-electron chi connectivity index (χ3n) is 4.64. The van der Waals surface area contributed by atoms with Gasteiger partial charge in [-0.05, 0) is 50.2 Å². The van der Waals surface area contributed by atoms with Crippen molar-refractivity contribution in [3.63, 3.8) is 0 Å². The van der Waals surface area contributed by atoms with Crippen molar-refractivity contribution in [3.05, 3.63) is 72.2 Å². The van der Waals surface area contributed by atoms with Gasteiger partial charge < -0.3 is 19.3 Å². The second-order valence-corrected chi connectivity index (χ2v) is 8.05. The van der Waals surface area contributed by atoms with Gasteiger partial charge in [0.15, 0.2) is 22.9 Å². The number of anilines is 1. The van der Waals surface area contributed by atoms with Crippen LogP contribution in [0.25, 0.3) is 5.69 Å². The summed E-state index contributed by atoms with van der Waals surface area (Å²) in [6, 6.07) is 18.7. The number of hydrogen-bond donors (Lipinski definition) is 1. The third-order valence-corrected chi connectivity index (χ3v) is 5.57. The lowest BCUT2D eigenvalue weighted by atomic mass is 10.3. The predicted octanol–water partition coefficient (Wildman–Crippen LogP) is 4.44. The number of thioether (sulfide) groups is 1. The Hall–Kier alpha value is -3.79. The van der Waals surface area contributed by atoms with Gasteiger partial charge in [-0.3, -0.25) is 9.36 Å². The van der Waals surface area contributed by atoms with E-state index in [9.17, 15) is 4.79 Å². The van der Waals surface area contributed by atoms with Crippen LogP contribution < -0.4 is 14.8 Å². The van der Waals surface area contributed by atoms with Gasteiger partial charge in [-0.25, -0.2) is 0 Å². The van der Waals surface area contributed by atoms with E-state index in [1.54, 1.807) is 20.1 Å². The van der Waals surface area contributed by atoms with E-state index in [-0.39, 0.29) is 11.7 Å². The number of nitrogens with zero attached hydrogens (tertiary/aromatic N) is 4. The number of hydrogen-bond acceptors (Lipinski definition) is 8. The smallest absolute Gasteiger partial charge is 0.236 e. The van der Waals surface area contributed by atoms with Crippen LogP contribution in [-0.2, 0) is 4.79 Å². The molecule has 0 spiro atoms. The highest BCUT2D eigenvalue weighted by atomic mass is 32.2. The van der Waals surface area contributed by atoms with Gasteiger partial charge in [0, 0.05) is 11.8 Å². The summed E-state index contributed by atoms with van der Waals surface area (Å²) in [7, 11) is 1.62. The summed E-state index contributed by atoms with van der Waals surface area (Å²) in [6.45, 7) is 3.66. The normalized spacial score (nSPS) is 11.7. The Kier molecular flexibility index (Phi) is 6.94. The maximum absolute atomic E-state index is 12.4. The van der Waals surface area contributed by atoms with E-state index in [2.05, 4.69) is 20.7 Å². The maximum atomic E-state index is 12.4. The van der Waals surface area contributed by atoms with Gasteiger partial charge in [0.05, 0.1) is 12.9 Å². The van der Waals surface area contributed by atoms with Crippen LogP contribution in [0.3, 0.4) is 0 Å². The average molecular weight is 466 g/mol. The molecular weight excluding hydrogens is 442 g/mol. The SMILES string of the molecule is COc1ccc(OC(C)c2nnc(SCC(=O)Nc3cc(C)on3)n2-c2ccccc2)cc1. The molecule has 1 unspecified atom stereocenters. The van der Waals surface area contributed by atoms with Gasteiger partial charge in [0.2, 0.25) is 5.91 Å². The number of ether oxygens (including phenoxy) is 2. The molecule has 9 nitrogen and oxygen atoms in total. The summed E-state index contributed by atoms with van der Waals surface area (Å²) in [5, 5.41) is 15.8. The zero-order valence-corrected chi connectivity index (χ0v) is 19.2. The predicted molar refractivity (Wildman–Crippen MR) is 124 cm³/mol. The summed E-state index contributed by atoms with van der Waals surface area (Å²) < 4.78 is 18.2. The molecular formula is C23H23N5O4S. The third kappa shape index (κ3) is 5.53. The standard InChI is InChI=1S/C23H23N5O4S/c1-15-13-20(27-32-15)24-21(29)14-33-23-26-25-22(28(23)17-7-5-4-6-8-17)16(2)31-19-11-9-18(30-3)10-12-19/h4-13,16H,14H2,1-3H3,(H,24,27,29). The first-order valence-corrected chi connectivity index (χ1v) is 11.2. The fourth-order valence-electron chi connectivity index (χ4n) is 3.10. The van der Waals surface area contributed by atoms with Crippen LogP contribution in [0.2, 0.25) is 0 Å². The van der Waals surface area contributed by atoms with Crippen LogP contribution in [0.4, 0.5) is 5.82 Å². The number of methoxy groups -OCH3 is 1. The van der Waals surface area contributed by atoms with Crippen molar-refractivity contribution in [2.24, 2.45) is 0 Å². The molecule has 1 amide bonds. The lowest BCUT2D eigenvalue weighted by molar-refractivity contribution is -0.113. The Labute approximate surface area is 195 Å². The minimum Gasteiger partial charge on any atom is -0.497 e. The number of benzene rings is 2. The van der Waals surface area contributed by atoms with E-state index in [0.29, 0.717) is 28.3 Å². The Balaban J connectivity index is 1.53. The summed E-state index contributed by atoms with van der Waals surface area (Å²) >= 11 is 1.27. The van der Waals surface area contributed by atoms with Crippen LogP contribution in [0.15, 0.2) is 70.3 Å². The number of aryl methyl sites for hydroxylation is 1. The Morgan fingerprint density at radius 1 is 1.12 bits per heavy atom. The fraction of sp³-hybridized carbons (Fsp3) is 0.217. The lowest BCUT2D eigenvalue weighted by Crippen LogP contribution is -2.15. The van der Waals surface area contributed by atoms with E-state index in [1.165, 1.54) is 11.8 Å². The second-order valence-electron chi connectivity index (χ2n) is 7.11. The monoisotopic (exact) mass is 465 g/mol. The average Bonchev–Trinajstić information content (AvgIpc) is 3.44. The highest BCUT2D eigenvalue weighted by Gasteiger charge is 2.22. The maximum Gasteiger partial charge on any atom is 0.236 e. The Morgan fingerprint density at radius 2 is 1.85 bits per heavy atom. The van der Waals surface area contributed by atoms with Crippen molar-refractivity contribution >= 4 is 23.5 Å². The van der Waals surface area contributed by atoms with Crippen LogP contribution in [0, 0.1) is 6.92 Å². The van der Waals surface area contributed by atoms with E-state index < -0.39 is 6.10 Å². The number of nitrogens with one attached hydrogen (secondary N) is 1. The van der Waals surface area contributed by atoms with Gasteiger partial charge in [0.25, 0.3) is 0 Å². The van der Waals surface area contributed by atoms with Crippen molar-refractivity contribution in [2.45, 2.75) is 25.1 Å². The molecule has 4 aromatic rings. The van der Waals surface area contributed by atoms with Gasteiger partial charge in [-0.1, -0.05) is 35.1 Å². The van der Waals surface area contributed by atoms with E-state index >= 15 is 0 Å². The second kappa shape index (κ2) is 10.2. The van der Waals surface area contributed by atoms with E-state index in [4.69, 9.17) is 14.0 Å². The first-order chi connectivity index (χ1) is 16.0. The molecule has 4 rings (SSSR count). The molecule has 33 heavy (non-hydrogen) atoms. The quantitative estimate of drug-likeness (QED) is 0.362. The molecule has 0 aliphatic heterocycles. The van der Waals surface area contributed by atoms with Crippen molar-refractivity contribution in [3.8, 4) is 17.2 Å². The Morgan fingerprint density at radius 3 is 2.52 bits per heavy atom. The molecule has 0 saturated carbocycles. The van der Waals surface area contributed by atoms with Crippen molar-refractivity contribution in [1.29, 1.82) is 0 Å². The number of carbonyl (C=O) groups excluding carboxylic acids is 1. The number of carbonyl (C=O) groups is 1. The molecule has 0 fully saturated rings. The molecule has 2 aromatic heterocycles. The molecule has 0 aliphatic carbocycles. The first-order valence-electron chi connectivity index (χ1n) is 10.2. The zero-order chi connectivity index (χ0) is 23.2. The van der Waals surface area contributed by atoms with Gasteiger partial charge in [-0.2, -0.15) is 0 Å². The zero-order valence-electron chi connectivity index (χ0n) is 18.4. The number of amides is 1. The topological polar surface area (TPSA) is 104 Å². The van der Waals surface area contributed by atoms with Gasteiger partial charge in [0.1, 0.15) is 17.3 Å². The minimum atomic E-state index is -0.396. The summed E-state index contributed by atoms with van der Waals surface area (Å²) in [5.74, 6) is 2.96. The molecule has 0 saturated heterocycles. The van der Waals surface area contributed by atoms with Crippen LogP contribution >= 0.6 is 11.8 Å². The van der Waals surface area contributed by atoms with E-state index in [0.717, 1.165) is 11.4 Å². The Bertz CT molecular complexity index is 1210. The first kappa shape index (κ1) is 22.4. The molecule has 0 radical (unpaired) electrons. The summed E-state index contributed by atoms with van der Waals surface area (Å²) in [5.41, 5.74) is 0.873. The van der Waals surface area contributed by atoms with Crippen molar-refractivity contribution in [2.75, 3.05) is 18.2 Å². The highest BCUT2D eigenvalue weighted by Crippen LogP contribution is 2.28. The fourth-order valence-corrected chi connectivity index (χ4v) is 3.86.